The van der Waals surface area contributed by atoms with Crippen LogP contribution in [0, 0.1) is 6.92 Å². The molecule has 1 unspecified atom stereocenters. The highest BCUT2D eigenvalue weighted by atomic mass is 32.1. The third-order valence-corrected chi connectivity index (χ3v) is 3.94. The third-order valence-electron chi connectivity index (χ3n) is 2.96. The zero-order chi connectivity index (χ0) is 12.5. The molecule has 0 aliphatic heterocycles. The van der Waals surface area contributed by atoms with Crippen molar-refractivity contribution in [1.29, 1.82) is 0 Å². The Morgan fingerprint density at radius 1 is 1.22 bits per heavy atom. The Morgan fingerprint density at radius 3 is 2.94 bits per heavy atom. The molecule has 0 radical (unpaired) electrons. The summed E-state index contributed by atoms with van der Waals surface area (Å²) < 4.78 is 1.24. The highest BCUT2D eigenvalue weighted by molar-refractivity contribution is 7.17. The SMILES string of the molecule is Cc1nccc(C(N)c2cccc3ccsc23)n1. The molecule has 4 heteroatoms. The van der Waals surface area contributed by atoms with Gasteiger partial charge in [-0.05, 0) is 35.4 Å². The summed E-state index contributed by atoms with van der Waals surface area (Å²) in [5.41, 5.74) is 8.32. The lowest BCUT2D eigenvalue weighted by Gasteiger charge is -2.12. The van der Waals surface area contributed by atoms with Crippen molar-refractivity contribution in [3.63, 3.8) is 0 Å². The molecule has 2 heterocycles. The number of nitrogens with zero attached hydrogens (tertiary/aromatic N) is 2. The largest absolute Gasteiger partial charge is 0.319 e. The molecular weight excluding hydrogens is 242 g/mol. The number of rotatable bonds is 2. The second-order valence-corrected chi connectivity index (χ2v) is 5.11. The van der Waals surface area contributed by atoms with Gasteiger partial charge in [0.25, 0.3) is 0 Å². The monoisotopic (exact) mass is 255 g/mol. The lowest BCUT2D eigenvalue weighted by Crippen LogP contribution is -2.14. The van der Waals surface area contributed by atoms with Crippen LogP contribution in [0.25, 0.3) is 10.1 Å². The summed E-state index contributed by atoms with van der Waals surface area (Å²) in [7, 11) is 0. The number of fused-ring (bicyclic) bond motifs is 1. The van der Waals surface area contributed by atoms with E-state index >= 15 is 0 Å². The number of hydrogen-bond acceptors (Lipinski definition) is 4. The maximum absolute atomic E-state index is 6.33. The molecule has 0 fully saturated rings. The minimum absolute atomic E-state index is 0.200. The van der Waals surface area contributed by atoms with Gasteiger partial charge in [0.2, 0.25) is 0 Å². The molecule has 3 rings (SSSR count). The summed E-state index contributed by atoms with van der Waals surface area (Å²) in [6.45, 7) is 1.88. The van der Waals surface area contributed by atoms with Crippen LogP contribution >= 0.6 is 11.3 Å². The van der Waals surface area contributed by atoms with E-state index < -0.39 is 0 Å². The minimum Gasteiger partial charge on any atom is -0.319 e. The summed E-state index contributed by atoms with van der Waals surface area (Å²) in [4.78, 5) is 8.51. The summed E-state index contributed by atoms with van der Waals surface area (Å²) in [6.07, 6.45) is 1.76. The lowest BCUT2D eigenvalue weighted by atomic mass is 10.0. The molecule has 1 atom stereocenters. The normalized spacial score (nSPS) is 12.8. The number of thiophene rings is 1. The molecule has 0 aliphatic rings. The molecule has 90 valence electrons. The number of hydrogen-bond donors (Lipinski definition) is 1. The van der Waals surface area contributed by atoms with Crippen LogP contribution in [-0.4, -0.2) is 9.97 Å². The quantitative estimate of drug-likeness (QED) is 0.765. The Kier molecular flexibility index (Phi) is 2.81. The van der Waals surface area contributed by atoms with Gasteiger partial charge in [0.1, 0.15) is 5.82 Å². The molecule has 18 heavy (non-hydrogen) atoms. The van der Waals surface area contributed by atoms with Gasteiger partial charge < -0.3 is 5.73 Å². The van der Waals surface area contributed by atoms with Crippen molar-refractivity contribution in [2.24, 2.45) is 5.73 Å². The van der Waals surface area contributed by atoms with Crippen LogP contribution < -0.4 is 5.73 Å². The van der Waals surface area contributed by atoms with Crippen LogP contribution in [0.15, 0.2) is 41.9 Å². The van der Waals surface area contributed by atoms with Crippen LogP contribution in [0.5, 0.6) is 0 Å². The first-order valence-electron chi connectivity index (χ1n) is 5.77. The van der Waals surface area contributed by atoms with Crippen LogP contribution in [0.2, 0.25) is 0 Å². The molecule has 1 aromatic carbocycles. The van der Waals surface area contributed by atoms with E-state index in [1.54, 1.807) is 17.5 Å². The van der Waals surface area contributed by atoms with Gasteiger partial charge in [-0.1, -0.05) is 18.2 Å². The van der Waals surface area contributed by atoms with E-state index in [9.17, 15) is 0 Å². The average molecular weight is 255 g/mol. The summed E-state index contributed by atoms with van der Waals surface area (Å²) in [6, 6.07) is 10.0. The van der Waals surface area contributed by atoms with Gasteiger partial charge in [-0.25, -0.2) is 9.97 Å². The average Bonchev–Trinajstić information content (AvgIpc) is 2.86. The van der Waals surface area contributed by atoms with E-state index in [1.807, 2.05) is 19.1 Å². The molecule has 0 bridgehead atoms. The topological polar surface area (TPSA) is 51.8 Å². The smallest absolute Gasteiger partial charge is 0.125 e. The third kappa shape index (κ3) is 1.89. The highest BCUT2D eigenvalue weighted by Gasteiger charge is 2.14. The summed E-state index contributed by atoms with van der Waals surface area (Å²) in [5, 5.41) is 3.32. The summed E-state index contributed by atoms with van der Waals surface area (Å²) >= 11 is 1.72. The molecule has 0 spiro atoms. The van der Waals surface area contributed by atoms with Gasteiger partial charge in [0.05, 0.1) is 11.7 Å². The fraction of sp³-hybridized carbons (Fsp3) is 0.143. The fourth-order valence-electron chi connectivity index (χ4n) is 2.07. The number of aryl methyl sites for hydroxylation is 1. The van der Waals surface area contributed by atoms with E-state index in [4.69, 9.17) is 5.73 Å². The van der Waals surface area contributed by atoms with Crippen molar-refractivity contribution >= 4 is 21.4 Å². The van der Waals surface area contributed by atoms with Crippen LogP contribution in [0.4, 0.5) is 0 Å². The summed E-state index contributed by atoms with van der Waals surface area (Å²) in [5.74, 6) is 0.751. The molecule has 0 saturated heterocycles. The zero-order valence-electron chi connectivity index (χ0n) is 10.00. The Hall–Kier alpha value is -1.78. The molecule has 0 aliphatic carbocycles. The van der Waals surface area contributed by atoms with E-state index in [2.05, 4.69) is 33.5 Å². The fourth-order valence-corrected chi connectivity index (χ4v) is 3.02. The van der Waals surface area contributed by atoms with Crippen molar-refractivity contribution < 1.29 is 0 Å². The van der Waals surface area contributed by atoms with Crippen LogP contribution in [0.1, 0.15) is 23.1 Å². The maximum Gasteiger partial charge on any atom is 0.125 e. The Balaban J connectivity index is 2.12. The van der Waals surface area contributed by atoms with Crippen molar-refractivity contribution in [2.75, 3.05) is 0 Å². The van der Waals surface area contributed by atoms with Gasteiger partial charge in [0.15, 0.2) is 0 Å². The molecule has 3 aromatic rings. The molecule has 3 nitrogen and oxygen atoms in total. The second-order valence-electron chi connectivity index (χ2n) is 4.19. The van der Waals surface area contributed by atoms with Gasteiger partial charge in [0, 0.05) is 10.9 Å². The van der Waals surface area contributed by atoms with Crippen LogP contribution in [-0.2, 0) is 0 Å². The maximum atomic E-state index is 6.33. The standard InChI is InChI=1S/C14H13N3S/c1-9-16-7-5-12(17-9)13(15)11-4-2-3-10-6-8-18-14(10)11/h2-8,13H,15H2,1H3. The Bertz CT molecular complexity index is 690. The number of aromatic nitrogens is 2. The predicted molar refractivity (Wildman–Crippen MR) is 74.6 cm³/mol. The first-order valence-corrected chi connectivity index (χ1v) is 6.65. The van der Waals surface area contributed by atoms with E-state index in [0.717, 1.165) is 17.1 Å². The first kappa shape index (κ1) is 11.3. The van der Waals surface area contributed by atoms with Gasteiger partial charge in [-0.2, -0.15) is 0 Å². The number of nitrogens with two attached hydrogens (primary N) is 1. The number of benzene rings is 1. The van der Waals surface area contributed by atoms with E-state index in [1.165, 1.54) is 10.1 Å². The second kappa shape index (κ2) is 4.48. The first-order chi connectivity index (χ1) is 8.75. The van der Waals surface area contributed by atoms with Crippen molar-refractivity contribution in [2.45, 2.75) is 13.0 Å². The van der Waals surface area contributed by atoms with Gasteiger partial charge >= 0.3 is 0 Å². The van der Waals surface area contributed by atoms with Crippen molar-refractivity contribution in [1.82, 2.24) is 9.97 Å². The highest BCUT2D eigenvalue weighted by Crippen LogP contribution is 2.30. The van der Waals surface area contributed by atoms with Crippen molar-refractivity contribution in [3.05, 3.63) is 59.0 Å². The van der Waals surface area contributed by atoms with Gasteiger partial charge in [-0.15, -0.1) is 11.3 Å². The molecular formula is C14H13N3S. The molecule has 0 amide bonds. The Labute approximate surface area is 109 Å². The Morgan fingerprint density at radius 2 is 2.11 bits per heavy atom. The molecule has 0 saturated carbocycles. The van der Waals surface area contributed by atoms with Crippen LogP contribution in [0.3, 0.4) is 0 Å². The van der Waals surface area contributed by atoms with Crippen molar-refractivity contribution in [3.8, 4) is 0 Å². The predicted octanol–water partition coefficient (Wildman–Crippen LogP) is 3.05. The van der Waals surface area contributed by atoms with E-state index in [-0.39, 0.29) is 6.04 Å². The minimum atomic E-state index is -0.200. The van der Waals surface area contributed by atoms with E-state index in [0.29, 0.717) is 0 Å². The molecule has 2 N–H and O–H groups in total. The van der Waals surface area contributed by atoms with Gasteiger partial charge in [-0.3, -0.25) is 0 Å². The zero-order valence-corrected chi connectivity index (χ0v) is 10.8. The lowest BCUT2D eigenvalue weighted by molar-refractivity contribution is 0.814. The molecule has 2 aromatic heterocycles.